The fourth-order valence-corrected chi connectivity index (χ4v) is 1.52. The van der Waals surface area contributed by atoms with Gasteiger partial charge in [0.25, 0.3) is 5.56 Å². The van der Waals surface area contributed by atoms with Crippen molar-refractivity contribution >= 4 is 0 Å². The monoisotopic (exact) mass is 263 g/mol. The van der Waals surface area contributed by atoms with Crippen LogP contribution in [0.2, 0.25) is 0 Å². The van der Waals surface area contributed by atoms with E-state index in [1.807, 2.05) is 19.2 Å². The fraction of sp³-hybridized carbons (Fsp3) is 0.417. The van der Waals surface area contributed by atoms with Crippen LogP contribution in [-0.2, 0) is 13.1 Å². The molecule has 0 saturated heterocycles. The number of hydrogen-bond donors (Lipinski definition) is 1. The van der Waals surface area contributed by atoms with Gasteiger partial charge in [-0.05, 0) is 13.0 Å². The Morgan fingerprint density at radius 2 is 2.26 bits per heavy atom. The third kappa shape index (κ3) is 3.92. The number of ether oxygens (including phenoxy) is 1. The van der Waals surface area contributed by atoms with Crippen LogP contribution >= 0.6 is 0 Å². The summed E-state index contributed by atoms with van der Waals surface area (Å²) in [6.45, 7) is 3.26. The van der Waals surface area contributed by atoms with Crippen LogP contribution in [0, 0.1) is 0 Å². The number of rotatable bonds is 6. The summed E-state index contributed by atoms with van der Waals surface area (Å²) in [5.41, 5.74) is 5.37. The maximum atomic E-state index is 11.8. The molecule has 0 fully saturated rings. The van der Waals surface area contributed by atoms with Crippen LogP contribution in [0.15, 0.2) is 35.5 Å². The second-order valence-electron chi connectivity index (χ2n) is 4.31. The first kappa shape index (κ1) is 13.3. The smallest absolute Gasteiger partial charge is 0.270 e. The molecule has 0 saturated carbocycles. The minimum absolute atomic E-state index is 0.0813. The molecule has 2 aromatic rings. The second-order valence-corrected chi connectivity index (χ2v) is 4.31. The molecule has 19 heavy (non-hydrogen) atoms. The van der Waals surface area contributed by atoms with Gasteiger partial charge in [0.1, 0.15) is 12.4 Å². The Morgan fingerprint density at radius 3 is 2.89 bits per heavy atom. The number of aryl methyl sites for hydroxylation is 2. The van der Waals surface area contributed by atoms with Gasteiger partial charge in [-0.3, -0.25) is 9.48 Å². The van der Waals surface area contributed by atoms with Gasteiger partial charge in [-0.25, -0.2) is 4.68 Å². The zero-order valence-electron chi connectivity index (χ0n) is 10.8. The van der Waals surface area contributed by atoms with Crippen LogP contribution in [-0.4, -0.2) is 32.2 Å². The molecule has 0 amide bonds. The molecular formula is C12H17N5O2. The Balaban J connectivity index is 1.97. The molecule has 0 aliphatic carbocycles. The predicted molar refractivity (Wildman–Crippen MR) is 69.9 cm³/mol. The molecule has 0 spiro atoms. The summed E-state index contributed by atoms with van der Waals surface area (Å²) in [7, 11) is 0. The van der Waals surface area contributed by atoms with E-state index in [4.69, 9.17) is 10.5 Å². The minimum Gasteiger partial charge on any atom is -0.490 e. The van der Waals surface area contributed by atoms with Gasteiger partial charge in [-0.1, -0.05) is 0 Å². The third-order valence-corrected chi connectivity index (χ3v) is 2.46. The predicted octanol–water partition coefficient (Wildman–Crippen LogP) is -0.134. The molecule has 0 radical (unpaired) electrons. The van der Waals surface area contributed by atoms with Crippen LogP contribution in [0.25, 0.3) is 0 Å². The van der Waals surface area contributed by atoms with Crippen molar-refractivity contribution < 1.29 is 4.74 Å². The summed E-state index contributed by atoms with van der Waals surface area (Å²) in [6.07, 6.45) is 5.05. The highest BCUT2D eigenvalue weighted by molar-refractivity contribution is 5.13. The summed E-state index contributed by atoms with van der Waals surface area (Å²) in [6, 6.07) is 3.17. The Kier molecular flexibility index (Phi) is 4.30. The average molecular weight is 263 g/mol. The zero-order valence-corrected chi connectivity index (χ0v) is 10.8. The second kappa shape index (κ2) is 6.14. The van der Waals surface area contributed by atoms with E-state index >= 15 is 0 Å². The Hall–Kier alpha value is -2.15. The first-order chi connectivity index (χ1) is 9.15. The summed E-state index contributed by atoms with van der Waals surface area (Å²) in [5.74, 6) is 0.442. The largest absolute Gasteiger partial charge is 0.490 e. The molecule has 0 aliphatic rings. The van der Waals surface area contributed by atoms with Gasteiger partial charge in [0.15, 0.2) is 0 Å². The maximum absolute atomic E-state index is 11.8. The van der Waals surface area contributed by atoms with Crippen LogP contribution in [0.5, 0.6) is 5.75 Å². The van der Waals surface area contributed by atoms with E-state index in [9.17, 15) is 4.79 Å². The molecule has 1 unspecified atom stereocenters. The quantitative estimate of drug-likeness (QED) is 0.784. The Labute approximate surface area is 110 Å². The van der Waals surface area contributed by atoms with Crippen LogP contribution in [0.3, 0.4) is 0 Å². The standard InChI is InChI=1S/C12H17N5O2/c1-10(13)9-19-11-7-12(18)17(15-8-11)6-5-16-4-2-3-14-16/h2-4,7-8,10H,5-6,9,13H2,1H3. The third-order valence-electron chi connectivity index (χ3n) is 2.46. The summed E-state index contributed by atoms with van der Waals surface area (Å²) >= 11 is 0. The van der Waals surface area contributed by atoms with Crippen molar-refractivity contribution in [3.63, 3.8) is 0 Å². The SMILES string of the molecule is CC(N)COc1cnn(CCn2cccn2)c(=O)c1. The molecule has 0 aromatic carbocycles. The van der Waals surface area contributed by atoms with Crippen molar-refractivity contribution in [3.8, 4) is 5.75 Å². The summed E-state index contributed by atoms with van der Waals surface area (Å²) in [4.78, 5) is 11.8. The van der Waals surface area contributed by atoms with Crippen LogP contribution < -0.4 is 16.0 Å². The van der Waals surface area contributed by atoms with Crippen molar-refractivity contribution in [3.05, 3.63) is 41.1 Å². The topological polar surface area (TPSA) is 88.0 Å². The normalized spacial score (nSPS) is 12.3. The fourth-order valence-electron chi connectivity index (χ4n) is 1.52. The lowest BCUT2D eigenvalue weighted by atomic mass is 10.4. The van der Waals surface area contributed by atoms with Crippen molar-refractivity contribution in [1.82, 2.24) is 19.6 Å². The van der Waals surface area contributed by atoms with E-state index in [1.165, 1.54) is 16.9 Å². The van der Waals surface area contributed by atoms with Gasteiger partial charge in [-0.15, -0.1) is 0 Å². The van der Waals surface area contributed by atoms with Gasteiger partial charge < -0.3 is 10.5 Å². The molecule has 102 valence electrons. The van der Waals surface area contributed by atoms with Crippen molar-refractivity contribution in [2.75, 3.05) is 6.61 Å². The average Bonchev–Trinajstić information content (AvgIpc) is 2.88. The van der Waals surface area contributed by atoms with Crippen molar-refractivity contribution in [1.29, 1.82) is 0 Å². The van der Waals surface area contributed by atoms with Crippen molar-refractivity contribution in [2.45, 2.75) is 26.1 Å². The first-order valence-electron chi connectivity index (χ1n) is 6.08. The maximum Gasteiger partial charge on any atom is 0.270 e. The zero-order chi connectivity index (χ0) is 13.7. The molecule has 7 heteroatoms. The van der Waals surface area contributed by atoms with Gasteiger partial charge in [0.2, 0.25) is 0 Å². The molecule has 2 N–H and O–H groups in total. The number of nitrogens with zero attached hydrogens (tertiary/aromatic N) is 4. The van der Waals surface area contributed by atoms with Gasteiger partial charge in [0, 0.05) is 24.5 Å². The van der Waals surface area contributed by atoms with E-state index in [2.05, 4.69) is 10.2 Å². The highest BCUT2D eigenvalue weighted by Gasteiger charge is 2.03. The van der Waals surface area contributed by atoms with E-state index in [-0.39, 0.29) is 11.6 Å². The van der Waals surface area contributed by atoms with E-state index < -0.39 is 0 Å². The summed E-state index contributed by atoms with van der Waals surface area (Å²) < 4.78 is 8.46. The minimum atomic E-state index is -0.200. The highest BCUT2D eigenvalue weighted by atomic mass is 16.5. The molecule has 2 aromatic heterocycles. The molecule has 7 nitrogen and oxygen atoms in total. The molecule has 1 atom stereocenters. The van der Waals surface area contributed by atoms with E-state index in [1.54, 1.807) is 10.9 Å². The lowest BCUT2D eigenvalue weighted by Crippen LogP contribution is -2.26. The van der Waals surface area contributed by atoms with Gasteiger partial charge >= 0.3 is 0 Å². The van der Waals surface area contributed by atoms with Gasteiger partial charge in [-0.2, -0.15) is 10.2 Å². The summed E-state index contributed by atoms with van der Waals surface area (Å²) in [5, 5.41) is 8.12. The number of aromatic nitrogens is 4. The van der Waals surface area contributed by atoms with Gasteiger partial charge in [0.05, 0.1) is 19.3 Å². The molecule has 0 aliphatic heterocycles. The Morgan fingerprint density at radius 1 is 1.42 bits per heavy atom. The lowest BCUT2D eigenvalue weighted by Gasteiger charge is -2.09. The van der Waals surface area contributed by atoms with Crippen LogP contribution in [0.1, 0.15) is 6.92 Å². The molecule has 2 heterocycles. The lowest BCUT2D eigenvalue weighted by molar-refractivity contribution is 0.292. The number of nitrogens with two attached hydrogens (primary N) is 1. The number of hydrogen-bond acceptors (Lipinski definition) is 5. The Bertz CT molecular complexity index is 562. The molecule has 0 bridgehead atoms. The van der Waals surface area contributed by atoms with E-state index in [0.29, 0.717) is 25.4 Å². The first-order valence-corrected chi connectivity index (χ1v) is 6.08. The molecular weight excluding hydrogens is 246 g/mol. The van der Waals surface area contributed by atoms with Crippen molar-refractivity contribution in [2.24, 2.45) is 5.73 Å². The molecule has 2 rings (SSSR count). The highest BCUT2D eigenvalue weighted by Crippen LogP contribution is 2.03. The van der Waals surface area contributed by atoms with E-state index in [0.717, 1.165) is 0 Å². The van der Waals surface area contributed by atoms with Crippen LogP contribution in [0.4, 0.5) is 0 Å².